The Morgan fingerprint density at radius 2 is 1.22 bits per heavy atom. The van der Waals surface area contributed by atoms with Crippen molar-refractivity contribution in [1.29, 1.82) is 0 Å². The van der Waals surface area contributed by atoms with Gasteiger partial charge in [0.1, 0.15) is 0 Å². The average Bonchev–Trinajstić information content (AvgIpc) is 2.25. The first-order valence-corrected chi connectivity index (χ1v) is 7.21. The van der Waals surface area contributed by atoms with Gasteiger partial charge < -0.3 is 0 Å². The van der Waals surface area contributed by atoms with Crippen molar-refractivity contribution in [3.05, 3.63) is 29.3 Å². The summed E-state index contributed by atoms with van der Waals surface area (Å²) >= 11 is 0. The van der Waals surface area contributed by atoms with Crippen molar-refractivity contribution in [1.82, 2.24) is 0 Å². The molecule has 0 aliphatic rings. The highest BCUT2D eigenvalue weighted by Crippen LogP contribution is 2.28. The second kappa shape index (κ2) is 5.11. The minimum atomic E-state index is 0.226. The molecule has 0 bridgehead atoms. The van der Waals surface area contributed by atoms with Gasteiger partial charge in [-0.1, -0.05) is 85.3 Å². The van der Waals surface area contributed by atoms with Gasteiger partial charge in [0.25, 0.3) is 0 Å². The maximum atomic E-state index is 2.41. The van der Waals surface area contributed by atoms with E-state index in [0.29, 0.717) is 6.71 Å². The third kappa shape index (κ3) is 3.64. The molecule has 0 nitrogen and oxygen atoms in total. The van der Waals surface area contributed by atoms with Crippen LogP contribution in [0.25, 0.3) is 0 Å². The van der Waals surface area contributed by atoms with Crippen molar-refractivity contribution >= 4 is 12.2 Å². The lowest BCUT2D eigenvalue weighted by molar-refractivity contribution is 0.569. The molecule has 0 amide bonds. The molecule has 0 aliphatic carbocycles. The lowest BCUT2D eigenvalue weighted by Crippen LogP contribution is -2.30. The SMILES string of the molecule is CCB(C)c1cc(C(C)(C)C)cc(C(C)(C)C)c1. The van der Waals surface area contributed by atoms with Crippen LogP contribution in [0.1, 0.15) is 59.6 Å². The summed E-state index contributed by atoms with van der Waals surface area (Å²) in [5.74, 6) is 0. The molecule has 1 aromatic carbocycles. The highest BCUT2D eigenvalue weighted by molar-refractivity contribution is 6.71. The number of benzene rings is 1. The molecular formula is C17H29B. The molecule has 100 valence electrons. The molecule has 0 unspecified atom stereocenters. The van der Waals surface area contributed by atoms with Crippen LogP contribution in [0, 0.1) is 0 Å². The lowest BCUT2D eigenvalue weighted by Gasteiger charge is -2.27. The molecule has 0 spiro atoms. The van der Waals surface area contributed by atoms with Crippen molar-refractivity contribution in [2.24, 2.45) is 0 Å². The second-order valence-electron chi connectivity index (χ2n) is 7.65. The predicted molar refractivity (Wildman–Crippen MR) is 85.6 cm³/mol. The van der Waals surface area contributed by atoms with Gasteiger partial charge in [-0.2, -0.15) is 0 Å². The summed E-state index contributed by atoms with van der Waals surface area (Å²) in [7, 11) is 0. The second-order valence-corrected chi connectivity index (χ2v) is 7.65. The fourth-order valence-corrected chi connectivity index (χ4v) is 2.04. The molecular weight excluding hydrogens is 215 g/mol. The maximum Gasteiger partial charge on any atom is 0.172 e. The van der Waals surface area contributed by atoms with E-state index in [2.05, 4.69) is 73.5 Å². The van der Waals surface area contributed by atoms with Crippen molar-refractivity contribution < 1.29 is 0 Å². The topological polar surface area (TPSA) is 0 Å². The van der Waals surface area contributed by atoms with E-state index in [9.17, 15) is 0 Å². The first-order chi connectivity index (χ1) is 8.05. The number of hydrogen-bond donors (Lipinski definition) is 0. The molecule has 0 aliphatic heterocycles. The zero-order valence-corrected chi connectivity index (χ0v) is 13.5. The van der Waals surface area contributed by atoms with Gasteiger partial charge in [-0.25, -0.2) is 0 Å². The van der Waals surface area contributed by atoms with Crippen molar-refractivity contribution in [3.63, 3.8) is 0 Å². The fraction of sp³-hybridized carbons (Fsp3) is 0.647. The Morgan fingerprint density at radius 3 is 1.50 bits per heavy atom. The zero-order chi connectivity index (χ0) is 14.1. The highest BCUT2D eigenvalue weighted by atomic mass is 14.2. The van der Waals surface area contributed by atoms with E-state index in [1.54, 1.807) is 0 Å². The van der Waals surface area contributed by atoms with Gasteiger partial charge in [-0.3, -0.25) is 0 Å². The van der Waals surface area contributed by atoms with E-state index >= 15 is 0 Å². The third-order valence-corrected chi connectivity index (χ3v) is 3.87. The molecule has 18 heavy (non-hydrogen) atoms. The summed E-state index contributed by atoms with van der Waals surface area (Å²) in [5, 5.41) is 0. The molecule has 0 saturated carbocycles. The van der Waals surface area contributed by atoms with Crippen LogP contribution in [0.4, 0.5) is 0 Å². The van der Waals surface area contributed by atoms with E-state index in [-0.39, 0.29) is 10.8 Å². The van der Waals surface area contributed by atoms with Crippen molar-refractivity contribution in [2.45, 2.75) is 72.4 Å². The summed E-state index contributed by atoms with van der Waals surface area (Å²) in [5.41, 5.74) is 4.87. The Balaban J connectivity index is 3.39. The van der Waals surface area contributed by atoms with Gasteiger partial charge in [-0.15, -0.1) is 0 Å². The van der Waals surface area contributed by atoms with Crippen LogP contribution in [-0.4, -0.2) is 6.71 Å². The summed E-state index contributed by atoms with van der Waals surface area (Å²) in [6.07, 6.45) is 1.21. The molecule has 1 rings (SSSR count). The van der Waals surface area contributed by atoms with Crippen molar-refractivity contribution in [3.8, 4) is 0 Å². The van der Waals surface area contributed by atoms with E-state index in [4.69, 9.17) is 0 Å². The summed E-state index contributed by atoms with van der Waals surface area (Å²) < 4.78 is 0. The largest absolute Gasteiger partial charge is 0.172 e. The Kier molecular flexibility index (Phi) is 4.36. The summed E-state index contributed by atoms with van der Waals surface area (Å²) in [6.45, 7) is 19.0. The predicted octanol–water partition coefficient (Wildman–Crippen LogP) is 4.63. The van der Waals surface area contributed by atoms with Gasteiger partial charge in [0.05, 0.1) is 0 Å². The minimum Gasteiger partial charge on any atom is -0.0817 e. The van der Waals surface area contributed by atoms with Crippen LogP contribution in [0.5, 0.6) is 0 Å². The van der Waals surface area contributed by atoms with E-state index in [0.717, 1.165) is 0 Å². The maximum absolute atomic E-state index is 2.41. The number of rotatable bonds is 2. The van der Waals surface area contributed by atoms with Gasteiger partial charge in [0, 0.05) is 0 Å². The van der Waals surface area contributed by atoms with Crippen LogP contribution in [0.3, 0.4) is 0 Å². The molecule has 1 aromatic rings. The molecule has 0 fully saturated rings. The van der Waals surface area contributed by atoms with Crippen LogP contribution in [0.2, 0.25) is 13.1 Å². The highest BCUT2D eigenvalue weighted by Gasteiger charge is 2.21. The van der Waals surface area contributed by atoms with E-state index in [1.165, 1.54) is 22.9 Å². The van der Waals surface area contributed by atoms with Crippen LogP contribution < -0.4 is 5.46 Å². The smallest absolute Gasteiger partial charge is 0.0817 e. The average molecular weight is 244 g/mol. The Hall–Kier alpha value is -0.715. The van der Waals surface area contributed by atoms with E-state index < -0.39 is 0 Å². The van der Waals surface area contributed by atoms with Crippen LogP contribution in [0.15, 0.2) is 18.2 Å². The fourth-order valence-electron chi connectivity index (χ4n) is 2.04. The van der Waals surface area contributed by atoms with Gasteiger partial charge in [0.2, 0.25) is 0 Å². The van der Waals surface area contributed by atoms with Gasteiger partial charge in [0.15, 0.2) is 6.71 Å². The van der Waals surface area contributed by atoms with Crippen LogP contribution in [-0.2, 0) is 10.8 Å². The molecule has 0 radical (unpaired) electrons. The van der Waals surface area contributed by atoms with E-state index in [1.807, 2.05) is 0 Å². The number of hydrogen-bond acceptors (Lipinski definition) is 0. The Labute approximate surface area is 114 Å². The summed E-state index contributed by atoms with van der Waals surface area (Å²) in [6, 6.07) is 7.21. The first kappa shape index (κ1) is 15.3. The quantitative estimate of drug-likeness (QED) is 0.665. The molecule has 0 saturated heterocycles. The monoisotopic (exact) mass is 244 g/mol. The molecule has 0 aromatic heterocycles. The standard InChI is InChI=1S/C17H29B/c1-9-18(8)15-11-13(16(2,3)4)10-14(12-15)17(5,6)7/h10-12H,9H2,1-8H3. The molecule has 0 atom stereocenters. The molecule has 1 heteroatoms. The minimum absolute atomic E-state index is 0.226. The Morgan fingerprint density at radius 1 is 0.833 bits per heavy atom. The van der Waals surface area contributed by atoms with Gasteiger partial charge >= 0.3 is 0 Å². The van der Waals surface area contributed by atoms with Gasteiger partial charge in [-0.05, 0) is 22.0 Å². The molecule has 0 heterocycles. The Bertz CT molecular complexity index is 372. The van der Waals surface area contributed by atoms with Crippen molar-refractivity contribution in [2.75, 3.05) is 0 Å². The normalized spacial score (nSPS) is 12.7. The third-order valence-electron chi connectivity index (χ3n) is 3.87. The summed E-state index contributed by atoms with van der Waals surface area (Å²) in [4.78, 5) is 0. The molecule has 0 N–H and O–H groups in total. The lowest BCUT2D eigenvalue weighted by atomic mass is 9.44. The first-order valence-electron chi connectivity index (χ1n) is 7.21. The van der Waals surface area contributed by atoms with Crippen LogP contribution >= 0.6 is 0 Å². The zero-order valence-electron chi connectivity index (χ0n) is 13.5.